The van der Waals surface area contributed by atoms with Crippen molar-refractivity contribution in [3.05, 3.63) is 134 Å². The van der Waals surface area contributed by atoms with Crippen LogP contribution in [-0.2, 0) is 0 Å². The molecule has 0 saturated carbocycles. The van der Waals surface area contributed by atoms with Gasteiger partial charge in [0.15, 0.2) is 0 Å². The van der Waals surface area contributed by atoms with Crippen LogP contribution >= 0.6 is 0 Å². The molecule has 0 radical (unpaired) electrons. The van der Waals surface area contributed by atoms with Crippen molar-refractivity contribution >= 4 is 76.4 Å². The molecule has 0 saturated heterocycles. The van der Waals surface area contributed by atoms with Crippen molar-refractivity contribution in [3.63, 3.8) is 0 Å². The highest BCUT2D eigenvalue weighted by atomic mass is 16.3. The van der Waals surface area contributed by atoms with Crippen LogP contribution in [0, 0.1) is 0 Å². The lowest BCUT2D eigenvalue weighted by Gasteiger charge is -2.17. The van der Waals surface area contributed by atoms with Crippen LogP contribution in [0.4, 0.5) is 0 Å². The summed E-state index contributed by atoms with van der Waals surface area (Å²) in [6.07, 6.45) is 1.73. The average Bonchev–Trinajstić information content (AvgIpc) is 3.76. The largest absolute Gasteiger partial charge is 0.464 e. The minimum Gasteiger partial charge on any atom is -0.464 e. The van der Waals surface area contributed by atoms with Gasteiger partial charge in [-0.15, -0.1) is 0 Å². The number of para-hydroxylation sites is 1. The third kappa shape index (κ3) is 3.19. The molecule has 0 N–H and O–H groups in total. The molecular formula is C40H22O3. The van der Waals surface area contributed by atoms with E-state index < -0.39 is 0 Å². The van der Waals surface area contributed by atoms with Crippen LogP contribution in [0.15, 0.2) is 147 Å². The molecule has 0 spiro atoms. The topological polar surface area (TPSA) is 39.4 Å². The number of hydrogen-bond acceptors (Lipinski definition) is 3. The summed E-state index contributed by atoms with van der Waals surface area (Å²) in [6, 6.07) is 45.0. The van der Waals surface area contributed by atoms with Crippen molar-refractivity contribution in [1.82, 2.24) is 0 Å². The number of benzene rings is 7. The molecule has 200 valence electrons. The molecule has 3 aromatic heterocycles. The van der Waals surface area contributed by atoms with Gasteiger partial charge in [0.25, 0.3) is 0 Å². The van der Waals surface area contributed by atoms with Gasteiger partial charge in [-0.25, -0.2) is 0 Å². The van der Waals surface area contributed by atoms with Crippen LogP contribution in [0.25, 0.3) is 98.6 Å². The van der Waals surface area contributed by atoms with Crippen LogP contribution in [-0.4, -0.2) is 0 Å². The standard InChI is InChI=1S/C40H22O3/c1-3-10-30-28(8-1)39(24-14-16-35-32(19-24)33-22-36-23(17-18-41-36)20-38(33)43-35)29-9-2-4-11-31(29)40(30)25-13-15-27-26-7-5-6-12-34(26)42-37(27)21-25/h1-22H. The first kappa shape index (κ1) is 22.8. The minimum absolute atomic E-state index is 0.863. The monoisotopic (exact) mass is 550 g/mol. The second-order valence-electron chi connectivity index (χ2n) is 11.3. The van der Waals surface area contributed by atoms with Gasteiger partial charge in [-0.1, -0.05) is 78.9 Å². The average molecular weight is 551 g/mol. The number of furan rings is 3. The molecular weight excluding hydrogens is 528 g/mol. The van der Waals surface area contributed by atoms with E-state index in [-0.39, 0.29) is 0 Å². The van der Waals surface area contributed by atoms with Crippen molar-refractivity contribution in [2.45, 2.75) is 0 Å². The lowest BCUT2D eigenvalue weighted by atomic mass is 9.85. The Balaban J connectivity index is 1.27. The Morgan fingerprint density at radius 1 is 0.326 bits per heavy atom. The summed E-state index contributed by atoms with van der Waals surface area (Å²) in [5.74, 6) is 0. The van der Waals surface area contributed by atoms with Crippen LogP contribution in [0.1, 0.15) is 0 Å². The summed E-state index contributed by atoms with van der Waals surface area (Å²) in [5.41, 5.74) is 9.15. The molecule has 0 unspecified atom stereocenters. The smallest absolute Gasteiger partial charge is 0.136 e. The lowest BCUT2D eigenvalue weighted by molar-refractivity contribution is 0.616. The third-order valence-electron chi connectivity index (χ3n) is 8.93. The van der Waals surface area contributed by atoms with Crippen molar-refractivity contribution in [2.24, 2.45) is 0 Å². The van der Waals surface area contributed by atoms with Crippen LogP contribution < -0.4 is 0 Å². The molecule has 3 heteroatoms. The van der Waals surface area contributed by atoms with E-state index in [1.165, 1.54) is 32.7 Å². The molecule has 0 atom stereocenters. The fourth-order valence-electron chi connectivity index (χ4n) is 7.02. The molecule has 3 heterocycles. The van der Waals surface area contributed by atoms with E-state index in [9.17, 15) is 0 Å². The van der Waals surface area contributed by atoms with Crippen molar-refractivity contribution in [1.29, 1.82) is 0 Å². The van der Waals surface area contributed by atoms with E-state index >= 15 is 0 Å². The van der Waals surface area contributed by atoms with E-state index in [0.717, 1.165) is 66.0 Å². The molecule has 10 rings (SSSR count). The Morgan fingerprint density at radius 3 is 1.58 bits per heavy atom. The molecule has 0 aliphatic rings. The summed E-state index contributed by atoms with van der Waals surface area (Å²) >= 11 is 0. The van der Waals surface area contributed by atoms with E-state index in [2.05, 4.69) is 109 Å². The second-order valence-corrected chi connectivity index (χ2v) is 11.3. The fourth-order valence-corrected chi connectivity index (χ4v) is 7.02. The zero-order valence-electron chi connectivity index (χ0n) is 22.9. The Kier molecular flexibility index (Phi) is 4.45. The molecule has 3 nitrogen and oxygen atoms in total. The van der Waals surface area contributed by atoms with Gasteiger partial charge in [-0.3, -0.25) is 0 Å². The van der Waals surface area contributed by atoms with Gasteiger partial charge in [0.05, 0.1) is 6.26 Å². The van der Waals surface area contributed by atoms with E-state index in [1.54, 1.807) is 6.26 Å². The first-order valence-corrected chi connectivity index (χ1v) is 14.5. The molecule has 0 bridgehead atoms. The van der Waals surface area contributed by atoms with Crippen molar-refractivity contribution in [3.8, 4) is 22.3 Å². The maximum Gasteiger partial charge on any atom is 0.136 e. The quantitative estimate of drug-likeness (QED) is 0.201. The zero-order valence-corrected chi connectivity index (χ0v) is 22.9. The van der Waals surface area contributed by atoms with E-state index in [1.807, 2.05) is 18.2 Å². The summed E-state index contributed by atoms with van der Waals surface area (Å²) in [4.78, 5) is 0. The minimum atomic E-state index is 0.863. The Hall–Kier alpha value is -5.80. The molecule has 0 aliphatic heterocycles. The van der Waals surface area contributed by atoms with Crippen LogP contribution in [0.3, 0.4) is 0 Å². The SMILES string of the molecule is c1ccc2c(c1)oc1cc(-c3c4ccccc4c(-c4ccc5oc6cc7ccoc7cc6c5c4)c4ccccc34)ccc12. The molecule has 0 fully saturated rings. The number of fused-ring (bicyclic) bond motifs is 9. The predicted molar refractivity (Wildman–Crippen MR) is 177 cm³/mol. The highest BCUT2D eigenvalue weighted by Gasteiger charge is 2.19. The summed E-state index contributed by atoms with van der Waals surface area (Å²) in [5, 5.41) is 10.3. The predicted octanol–water partition coefficient (Wildman–Crippen LogP) is 11.9. The highest BCUT2D eigenvalue weighted by molar-refractivity contribution is 6.23. The molecule has 10 aromatic rings. The highest BCUT2D eigenvalue weighted by Crippen LogP contribution is 2.45. The van der Waals surface area contributed by atoms with Gasteiger partial charge in [0, 0.05) is 26.9 Å². The summed E-state index contributed by atoms with van der Waals surface area (Å²) < 4.78 is 18.3. The Labute approximate surface area is 245 Å². The summed E-state index contributed by atoms with van der Waals surface area (Å²) in [7, 11) is 0. The van der Waals surface area contributed by atoms with Crippen LogP contribution in [0.5, 0.6) is 0 Å². The van der Waals surface area contributed by atoms with Gasteiger partial charge >= 0.3 is 0 Å². The van der Waals surface area contributed by atoms with Gasteiger partial charge in [0.2, 0.25) is 0 Å². The van der Waals surface area contributed by atoms with Crippen molar-refractivity contribution in [2.75, 3.05) is 0 Å². The van der Waals surface area contributed by atoms with Crippen LogP contribution in [0.2, 0.25) is 0 Å². The summed E-state index contributed by atoms with van der Waals surface area (Å²) in [6.45, 7) is 0. The lowest BCUT2D eigenvalue weighted by Crippen LogP contribution is -1.90. The second kappa shape index (κ2) is 8.37. The molecule has 7 aromatic carbocycles. The first-order valence-electron chi connectivity index (χ1n) is 14.5. The molecule has 0 amide bonds. The maximum absolute atomic E-state index is 6.31. The van der Waals surface area contributed by atoms with E-state index in [0.29, 0.717) is 0 Å². The third-order valence-corrected chi connectivity index (χ3v) is 8.93. The zero-order chi connectivity index (χ0) is 28.1. The normalized spacial score (nSPS) is 12.2. The van der Waals surface area contributed by atoms with Gasteiger partial charge in [-0.05, 0) is 92.3 Å². The van der Waals surface area contributed by atoms with Crippen molar-refractivity contribution < 1.29 is 13.3 Å². The Bertz CT molecular complexity index is 2680. The number of rotatable bonds is 2. The fraction of sp³-hybridized carbons (Fsp3) is 0. The molecule has 43 heavy (non-hydrogen) atoms. The molecule has 0 aliphatic carbocycles. The Morgan fingerprint density at radius 2 is 0.860 bits per heavy atom. The van der Waals surface area contributed by atoms with E-state index in [4.69, 9.17) is 13.3 Å². The van der Waals surface area contributed by atoms with Gasteiger partial charge < -0.3 is 13.3 Å². The van der Waals surface area contributed by atoms with Gasteiger partial charge in [-0.2, -0.15) is 0 Å². The first-order chi connectivity index (χ1) is 21.3. The van der Waals surface area contributed by atoms with Gasteiger partial charge in [0.1, 0.15) is 27.9 Å². The maximum atomic E-state index is 6.31. The number of hydrogen-bond donors (Lipinski definition) is 0.